The van der Waals surface area contributed by atoms with Crippen molar-refractivity contribution in [2.24, 2.45) is 0 Å². The van der Waals surface area contributed by atoms with Crippen LogP contribution in [0.1, 0.15) is 22.7 Å². The van der Waals surface area contributed by atoms with Gasteiger partial charge in [0, 0.05) is 38.6 Å². The van der Waals surface area contributed by atoms with Gasteiger partial charge in [0.2, 0.25) is 10.0 Å². The molecular formula is C27H27N3O7S. The number of ketones is 1. The molecule has 0 spiro atoms. The first-order chi connectivity index (χ1) is 18.1. The van der Waals surface area contributed by atoms with Crippen molar-refractivity contribution in [3.8, 4) is 11.5 Å². The van der Waals surface area contributed by atoms with E-state index in [0.29, 0.717) is 22.6 Å². The highest BCUT2D eigenvalue weighted by Crippen LogP contribution is 2.42. The summed E-state index contributed by atoms with van der Waals surface area (Å²) >= 11 is 0. The van der Waals surface area contributed by atoms with E-state index in [2.05, 4.69) is 4.98 Å². The van der Waals surface area contributed by atoms with E-state index < -0.39 is 33.5 Å². The number of hydrogen-bond donors (Lipinski definition) is 1. The van der Waals surface area contributed by atoms with Gasteiger partial charge in [-0.1, -0.05) is 12.1 Å². The monoisotopic (exact) mass is 537 g/mol. The average Bonchev–Trinajstić information content (AvgIpc) is 3.17. The minimum absolute atomic E-state index is 0.0209. The predicted octanol–water partition coefficient (Wildman–Crippen LogP) is 2.97. The van der Waals surface area contributed by atoms with E-state index in [0.717, 1.165) is 4.31 Å². The minimum atomic E-state index is -3.69. The molecule has 2 heterocycles. The summed E-state index contributed by atoms with van der Waals surface area (Å²) in [6, 6.07) is 13.0. The lowest BCUT2D eigenvalue weighted by molar-refractivity contribution is -0.140. The summed E-state index contributed by atoms with van der Waals surface area (Å²) in [5.74, 6) is -1.24. The van der Waals surface area contributed by atoms with Gasteiger partial charge in [-0.05, 0) is 53.6 Å². The Morgan fingerprint density at radius 1 is 1.03 bits per heavy atom. The molecule has 11 heteroatoms. The SMILES string of the molecule is COc1ccc([C@@H]2C(=C(O)c3ccc(S(=O)(=O)N(C)C)cc3)C(=O)C(=O)N2Cc2cccnc2)cc1OC. The van der Waals surface area contributed by atoms with Crippen molar-refractivity contribution in [3.63, 3.8) is 0 Å². The molecule has 0 unspecified atom stereocenters. The summed E-state index contributed by atoms with van der Waals surface area (Å²) in [5.41, 5.74) is 1.26. The zero-order valence-electron chi connectivity index (χ0n) is 21.3. The number of carbonyl (C=O) groups is 2. The molecule has 1 atom stereocenters. The number of hydrogen-bond acceptors (Lipinski definition) is 8. The first-order valence-corrected chi connectivity index (χ1v) is 13.0. The van der Waals surface area contributed by atoms with Gasteiger partial charge >= 0.3 is 0 Å². The van der Waals surface area contributed by atoms with Crippen LogP contribution in [0.2, 0.25) is 0 Å². The molecule has 38 heavy (non-hydrogen) atoms. The third kappa shape index (κ3) is 4.85. The van der Waals surface area contributed by atoms with Crippen LogP contribution in [0.15, 0.2) is 77.5 Å². The molecule has 2 aromatic carbocycles. The smallest absolute Gasteiger partial charge is 0.295 e. The number of pyridine rings is 1. The predicted molar refractivity (Wildman–Crippen MR) is 139 cm³/mol. The lowest BCUT2D eigenvalue weighted by atomic mass is 9.95. The number of Topliss-reactive ketones (excluding diaryl/α,β-unsaturated/α-hetero) is 1. The number of aliphatic hydroxyl groups excluding tert-OH is 1. The van der Waals surface area contributed by atoms with Crippen molar-refractivity contribution in [2.45, 2.75) is 17.5 Å². The van der Waals surface area contributed by atoms with Crippen LogP contribution >= 0.6 is 0 Å². The van der Waals surface area contributed by atoms with Gasteiger partial charge in [-0.3, -0.25) is 14.6 Å². The second-order valence-electron chi connectivity index (χ2n) is 8.71. The van der Waals surface area contributed by atoms with Crippen LogP contribution in [-0.2, 0) is 26.2 Å². The van der Waals surface area contributed by atoms with Crippen LogP contribution in [0, 0.1) is 0 Å². The van der Waals surface area contributed by atoms with Crippen molar-refractivity contribution >= 4 is 27.5 Å². The van der Waals surface area contributed by atoms with E-state index >= 15 is 0 Å². The van der Waals surface area contributed by atoms with Crippen LogP contribution in [-0.4, -0.2) is 67.7 Å². The third-order valence-corrected chi connectivity index (χ3v) is 8.07. The summed E-state index contributed by atoms with van der Waals surface area (Å²) < 4.78 is 36.7. The normalized spacial score (nSPS) is 17.2. The fraction of sp³-hybridized carbons (Fsp3) is 0.222. The molecule has 0 aliphatic carbocycles. The van der Waals surface area contributed by atoms with Crippen molar-refractivity contribution in [1.29, 1.82) is 0 Å². The number of likely N-dealkylation sites (tertiary alicyclic amines) is 1. The van der Waals surface area contributed by atoms with Crippen LogP contribution in [0.5, 0.6) is 11.5 Å². The topological polar surface area (TPSA) is 126 Å². The Balaban J connectivity index is 1.87. The number of ether oxygens (including phenoxy) is 2. The molecule has 0 bridgehead atoms. The molecule has 198 valence electrons. The highest BCUT2D eigenvalue weighted by Gasteiger charge is 2.46. The maximum Gasteiger partial charge on any atom is 0.295 e. The largest absolute Gasteiger partial charge is 0.507 e. The van der Waals surface area contributed by atoms with Crippen molar-refractivity contribution in [3.05, 3.63) is 89.3 Å². The number of sulfonamides is 1. The Hall–Kier alpha value is -4.22. The van der Waals surface area contributed by atoms with E-state index in [1.807, 2.05) is 0 Å². The van der Waals surface area contributed by atoms with E-state index in [9.17, 15) is 23.1 Å². The zero-order valence-corrected chi connectivity index (χ0v) is 22.1. The highest BCUT2D eigenvalue weighted by molar-refractivity contribution is 7.89. The number of methoxy groups -OCH3 is 2. The first kappa shape index (κ1) is 26.8. The lowest BCUT2D eigenvalue weighted by Crippen LogP contribution is -2.29. The maximum atomic E-state index is 13.3. The number of benzene rings is 2. The lowest BCUT2D eigenvalue weighted by Gasteiger charge is -2.26. The van der Waals surface area contributed by atoms with Crippen molar-refractivity contribution in [2.75, 3.05) is 28.3 Å². The van der Waals surface area contributed by atoms with Gasteiger partial charge in [0.05, 0.1) is 30.7 Å². The molecule has 1 aliphatic rings. The molecule has 0 radical (unpaired) electrons. The fourth-order valence-corrected chi connectivity index (χ4v) is 5.15. The quantitative estimate of drug-likeness (QED) is 0.264. The number of aliphatic hydroxyl groups is 1. The zero-order chi connectivity index (χ0) is 27.6. The minimum Gasteiger partial charge on any atom is -0.507 e. The van der Waals surface area contributed by atoms with Gasteiger partial charge in [-0.15, -0.1) is 0 Å². The Kier molecular flexibility index (Phi) is 7.51. The molecule has 1 N–H and O–H groups in total. The van der Waals surface area contributed by atoms with Gasteiger partial charge in [-0.2, -0.15) is 0 Å². The Morgan fingerprint density at radius 2 is 1.71 bits per heavy atom. The average molecular weight is 538 g/mol. The van der Waals surface area contributed by atoms with E-state index in [4.69, 9.17) is 9.47 Å². The van der Waals surface area contributed by atoms with Gasteiger partial charge in [0.1, 0.15) is 5.76 Å². The summed E-state index contributed by atoms with van der Waals surface area (Å²) in [6.07, 6.45) is 3.19. The number of carbonyl (C=O) groups excluding carboxylic acids is 2. The number of nitrogens with zero attached hydrogens (tertiary/aromatic N) is 3. The van der Waals surface area contributed by atoms with Gasteiger partial charge in [0.15, 0.2) is 11.5 Å². The molecule has 1 aromatic heterocycles. The third-order valence-electron chi connectivity index (χ3n) is 6.25. The molecule has 1 saturated heterocycles. The molecule has 1 fully saturated rings. The van der Waals surface area contributed by atoms with Crippen LogP contribution < -0.4 is 9.47 Å². The molecular weight excluding hydrogens is 510 g/mol. The summed E-state index contributed by atoms with van der Waals surface area (Å²) in [6.45, 7) is 0.0637. The summed E-state index contributed by atoms with van der Waals surface area (Å²) in [4.78, 5) is 32.0. The van der Waals surface area contributed by atoms with E-state index in [1.54, 1.807) is 42.7 Å². The first-order valence-electron chi connectivity index (χ1n) is 11.5. The molecule has 3 aromatic rings. The second-order valence-corrected chi connectivity index (χ2v) is 10.9. The molecule has 0 saturated carbocycles. The molecule has 1 amide bonds. The van der Waals surface area contributed by atoms with Crippen LogP contribution in [0.25, 0.3) is 5.76 Å². The summed E-state index contributed by atoms with van der Waals surface area (Å²) in [5, 5.41) is 11.3. The molecule has 10 nitrogen and oxygen atoms in total. The van der Waals surface area contributed by atoms with Gasteiger partial charge in [0.25, 0.3) is 11.7 Å². The number of amides is 1. The van der Waals surface area contributed by atoms with Crippen LogP contribution in [0.4, 0.5) is 0 Å². The number of rotatable bonds is 8. The Labute approximate surface area is 220 Å². The number of aromatic nitrogens is 1. The van der Waals surface area contributed by atoms with Crippen LogP contribution in [0.3, 0.4) is 0 Å². The standard InChI is InChI=1S/C27H27N3O7S/c1-29(2)38(34,35)20-10-7-18(8-11-20)25(31)23-24(19-9-12-21(36-3)22(14-19)37-4)30(27(33)26(23)32)16-17-6-5-13-28-15-17/h5-15,24,31H,16H2,1-4H3/t24-/m1/s1. The Bertz CT molecular complexity index is 1500. The van der Waals surface area contributed by atoms with Gasteiger partial charge < -0.3 is 19.5 Å². The van der Waals surface area contributed by atoms with Crippen molar-refractivity contribution in [1.82, 2.24) is 14.2 Å². The fourth-order valence-electron chi connectivity index (χ4n) is 4.25. The highest BCUT2D eigenvalue weighted by atomic mass is 32.2. The van der Waals surface area contributed by atoms with E-state index in [1.165, 1.54) is 57.5 Å². The maximum absolute atomic E-state index is 13.3. The summed E-state index contributed by atoms with van der Waals surface area (Å²) in [7, 11) is 2.09. The van der Waals surface area contributed by atoms with E-state index in [-0.39, 0.29) is 22.6 Å². The van der Waals surface area contributed by atoms with Crippen molar-refractivity contribution < 1.29 is 32.6 Å². The molecule has 4 rings (SSSR count). The second kappa shape index (κ2) is 10.6. The molecule has 1 aliphatic heterocycles. The van der Waals surface area contributed by atoms with Gasteiger partial charge in [-0.25, -0.2) is 12.7 Å². The Morgan fingerprint density at radius 3 is 2.29 bits per heavy atom.